The number of ether oxygens (including phenoxy) is 1. The maximum atomic E-state index is 13.5. The van der Waals surface area contributed by atoms with Crippen LogP contribution >= 0.6 is 0 Å². The van der Waals surface area contributed by atoms with Gasteiger partial charge < -0.3 is 14.5 Å². The molecule has 0 saturated heterocycles. The van der Waals surface area contributed by atoms with Crippen LogP contribution < -0.4 is 10.7 Å². The lowest BCUT2D eigenvalue weighted by atomic mass is 9.66. The average Bonchev–Trinajstić information content (AvgIpc) is 2.66. The van der Waals surface area contributed by atoms with Crippen LogP contribution in [-0.4, -0.2) is 18.9 Å². The first-order valence-electron chi connectivity index (χ1n) is 9.95. The van der Waals surface area contributed by atoms with E-state index in [2.05, 4.69) is 11.9 Å². The molecule has 4 rings (SSSR count). The highest BCUT2D eigenvalue weighted by Gasteiger charge is 2.47. The summed E-state index contributed by atoms with van der Waals surface area (Å²) in [5, 5.41) is 3.59. The van der Waals surface area contributed by atoms with Gasteiger partial charge in [-0.3, -0.25) is 14.4 Å². The second-order valence-electron chi connectivity index (χ2n) is 8.98. The smallest absolute Gasteiger partial charge is 0.315 e. The number of allylic oxidation sites excluding steroid dienone is 2. The van der Waals surface area contributed by atoms with Crippen molar-refractivity contribution in [1.29, 1.82) is 0 Å². The van der Waals surface area contributed by atoms with Crippen molar-refractivity contribution >= 4 is 22.7 Å². The Morgan fingerprint density at radius 2 is 2.00 bits per heavy atom. The van der Waals surface area contributed by atoms with Gasteiger partial charge in [-0.25, -0.2) is 0 Å². The van der Waals surface area contributed by atoms with Gasteiger partial charge in [0, 0.05) is 34.9 Å². The minimum Gasteiger partial charge on any atom is -0.468 e. The Morgan fingerprint density at radius 3 is 2.70 bits per heavy atom. The summed E-state index contributed by atoms with van der Waals surface area (Å²) < 4.78 is 10.8. The van der Waals surface area contributed by atoms with Crippen LogP contribution in [0, 0.1) is 18.3 Å². The van der Waals surface area contributed by atoms with Gasteiger partial charge in [0.25, 0.3) is 0 Å². The zero-order valence-electron chi connectivity index (χ0n) is 17.6. The third kappa shape index (κ3) is 3.16. The molecule has 0 fully saturated rings. The third-order valence-corrected chi connectivity index (χ3v) is 6.00. The predicted molar refractivity (Wildman–Crippen MR) is 113 cm³/mol. The van der Waals surface area contributed by atoms with Crippen molar-refractivity contribution in [3.63, 3.8) is 0 Å². The van der Waals surface area contributed by atoms with Crippen molar-refractivity contribution in [2.45, 2.75) is 39.5 Å². The zero-order chi connectivity index (χ0) is 21.8. The van der Waals surface area contributed by atoms with Crippen LogP contribution in [0.5, 0.6) is 0 Å². The summed E-state index contributed by atoms with van der Waals surface area (Å²) in [5.41, 5.74) is 2.76. The molecule has 6 nitrogen and oxygen atoms in total. The standard InChI is InChI=1S/C24H25NO5/c1-12-6-7-18-14(8-12)22(27)15(11-30-18)20-19(23(28)29-5)13(2)25-16-9-24(3,4)10-17(26)21(16)20/h6-8,11,19-20,25H,2,9-10H2,1,3-5H3. The largest absolute Gasteiger partial charge is 0.468 e. The molecule has 6 heteroatoms. The number of hydrogen-bond donors (Lipinski definition) is 1. The fourth-order valence-electron chi connectivity index (χ4n) is 4.66. The Bertz CT molecular complexity index is 1180. The molecule has 2 aliphatic rings. The summed E-state index contributed by atoms with van der Waals surface area (Å²) in [6.07, 6.45) is 2.33. The maximum Gasteiger partial charge on any atom is 0.315 e. The van der Waals surface area contributed by atoms with E-state index in [4.69, 9.17) is 9.15 Å². The van der Waals surface area contributed by atoms with Crippen LogP contribution in [0.15, 0.2) is 57.2 Å². The Labute approximate surface area is 174 Å². The molecule has 0 bridgehead atoms. The molecule has 0 radical (unpaired) electrons. The molecule has 2 aromatic rings. The highest BCUT2D eigenvalue weighted by Crippen LogP contribution is 2.47. The van der Waals surface area contributed by atoms with Crippen LogP contribution in [0.2, 0.25) is 0 Å². The molecule has 1 aromatic heterocycles. The van der Waals surface area contributed by atoms with E-state index in [1.165, 1.54) is 13.4 Å². The minimum atomic E-state index is -0.899. The molecule has 0 spiro atoms. The number of rotatable bonds is 2. The first-order valence-corrected chi connectivity index (χ1v) is 9.95. The zero-order valence-corrected chi connectivity index (χ0v) is 17.6. The van der Waals surface area contributed by atoms with Gasteiger partial charge in [-0.15, -0.1) is 0 Å². The molecule has 156 valence electrons. The van der Waals surface area contributed by atoms with Crippen LogP contribution in [0.3, 0.4) is 0 Å². The number of nitrogens with one attached hydrogen (secondary N) is 1. The summed E-state index contributed by atoms with van der Waals surface area (Å²) in [6, 6.07) is 5.37. The van der Waals surface area contributed by atoms with Crippen molar-refractivity contribution in [2.75, 3.05) is 7.11 Å². The number of ketones is 1. The van der Waals surface area contributed by atoms with E-state index in [9.17, 15) is 14.4 Å². The summed E-state index contributed by atoms with van der Waals surface area (Å²) in [6.45, 7) is 9.95. The first-order chi connectivity index (χ1) is 14.1. The molecule has 0 amide bonds. The van der Waals surface area contributed by atoms with Gasteiger partial charge in [0.05, 0.1) is 18.8 Å². The number of aryl methyl sites for hydroxylation is 1. The van der Waals surface area contributed by atoms with Crippen LogP contribution in [-0.2, 0) is 14.3 Å². The number of methoxy groups -OCH3 is 1. The Hall–Kier alpha value is -3.15. The van der Waals surface area contributed by atoms with Gasteiger partial charge in [-0.2, -0.15) is 0 Å². The molecule has 1 aliphatic carbocycles. The van der Waals surface area contributed by atoms with Crippen LogP contribution in [0.1, 0.15) is 43.7 Å². The Balaban J connectivity index is 2.00. The van der Waals surface area contributed by atoms with Crippen molar-refractivity contribution in [3.8, 4) is 0 Å². The topological polar surface area (TPSA) is 85.6 Å². The fourth-order valence-corrected chi connectivity index (χ4v) is 4.66. The predicted octanol–water partition coefficient (Wildman–Crippen LogP) is 3.73. The van der Waals surface area contributed by atoms with Crippen molar-refractivity contribution in [3.05, 3.63) is 69.4 Å². The molecule has 2 unspecified atom stereocenters. The summed E-state index contributed by atoms with van der Waals surface area (Å²) in [5.74, 6) is -2.33. The van der Waals surface area contributed by atoms with E-state index in [0.717, 1.165) is 11.3 Å². The van der Waals surface area contributed by atoms with Crippen LogP contribution in [0.4, 0.5) is 0 Å². The first kappa shape index (κ1) is 20.1. The lowest BCUT2D eigenvalue weighted by Gasteiger charge is -2.41. The van der Waals surface area contributed by atoms with Crippen LogP contribution in [0.25, 0.3) is 11.0 Å². The van der Waals surface area contributed by atoms with Gasteiger partial charge in [0.1, 0.15) is 11.5 Å². The highest BCUT2D eigenvalue weighted by atomic mass is 16.5. The molecule has 2 heterocycles. The lowest BCUT2D eigenvalue weighted by molar-refractivity contribution is -0.144. The monoisotopic (exact) mass is 407 g/mol. The number of carbonyl (C=O) groups is 2. The summed E-state index contributed by atoms with van der Waals surface area (Å²) in [4.78, 5) is 39.4. The minimum absolute atomic E-state index is 0.0797. The van der Waals surface area contributed by atoms with E-state index in [1.54, 1.807) is 12.1 Å². The molecule has 1 aliphatic heterocycles. The van der Waals surface area contributed by atoms with Gasteiger partial charge in [-0.05, 0) is 30.9 Å². The van der Waals surface area contributed by atoms with E-state index in [0.29, 0.717) is 35.1 Å². The van der Waals surface area contributed by atoms with E-state index in [1.807, 2.05) is 26.8 Å². The molecule has 1 aromatic carbocycles. The highest BCUT2D eigenvalue weighted by molar-refractivity contribution is 6.01. The number of carbonyl (C=O) groups excluding carboxylic acids is 2. The van der Waals surface area contributed by atoms with E-state index < -0.39 is 17.8 Å². The Kier molecular flexibility index (Phi) is 4.68. The molecule has 30 heavy (non-hydrogen) atoms. The third-order valence-electron chi connectivity index (χ3n) is 6.00. The molecule has 0 saturated carbocycles. The van der Waals surface area contributed by atoms with Crippen molar-refractivity contribution < 1.29 is 18.7 Å². The second kappa shape index (κ2) is 6.97. The molecular weight excluding hydrogens is 382 g/mol. The molecule has 1 N–H and O–H groups in total. The van der Waals surface area contributed by atoms with Gasteiger partial charge in [0.15, 0.2) is 11.2 Å². The normalized spacial score (nSPS) is 23.2. The van der Waals surface area contributed by atoms with Crippen molar-refractivity contribution in [1.82, 2.24) is 5.32 Å². The van der Waals surface area contributed by atoms with E-state index in [-0.39, 0.29) is 22.2 Å². The lowest BCUT2D eigenvalue weighted by Crippen LogP contribution is -2.44. The Morgan fingerprint density at radius 1 is 1.27 bits per heavy atom. The summed E-state index contributed by atoms with van der Waals surface area (Å²) >= 11 is 0. The average molecular weight is 407 g/mol. The number of fused-ring (bicyclic) bond motifs is 1. The SMILES string of the molecule is C=C1NC2=C(C(=O)CC(C)(C)C2)C(c2coc3ccc(C)cc3c2=O)C1C(=O)OC. The van der Waals surface area contributed by atoms with Gasteiger partial charge in [0.2, 0.25) is 0 Å². The van der Waals surface area contributed by atoms with Crippen molar-refractivity contribution in [2.24, 2.45) is 11.3 Å². The van der Waals surface area contributed by atoms with Gasteiger partial charge in [-0.1, -0.05) is 32.1 Å². The number of benzene rings is 1. The van der Waals surface area contributed by atoms with Gasteiger partial charge >= 0.3 is 5.97 Å². The van der Waals surface area contributed by atoms with E-state index >= 15 is 0 Å². The second-order valence-corrected chi connectivity index (χ2v) is 8.98. The number of hydrogen-bond acceptors (Lipinski definition) is 6. The number of Topliss-reactive ketones (excluding diaryl/α,β-unsaturated/α-hetero) is 1. The fraction of sp³-hybridized carbons (Fsp3) is 0.375. The molecular formula is C24H25NO5. The number of esters is 1. The quantitative estimate of drug-likeness (QED) is 0.764. The summed E-state index contributed by atoms with van der Waals surface area (Å²) in [7, 11) is 1.29. The molecule has 2 atom stereocenters. The maximum absolute atomic E-state index is 13.5.